The van der Waals surface area contributed by atoms with E-state index < -0.39 is 5.60 Å². The zero-order chi connectivity index (χ0) is 13.3. The highest BCUT2D eigenvalue weighted by Crippen LogP contribution is 2.40. The zero-order valence-electron chi connectivity index (χ0n) is 11.6. The van der Waals surface area contributed by atoms with E-state index in [1.165, 1.54) is 17.2 Å². The SMILES string of the molecule is CC1CCCC(O)(c2cccc3ccccc23)CC1. The molecule has 1 N–H and O–H groups in total. The molecule has 0 aliphatic heterocycles. The monoisotopic (exact) mass is 254 g/mol. The summed E-state index contributed by atoms with van der Waals surface area (Å²) in [5.41, 5.74) is 0.491. The zero-order valence-corrected chi connectivity index (χ0v) is 11.6. The van der Waals surface area contributed by atoms with E-state index in [2.05, 4.69) is 49.4 Å². The van der Waals surface area contributed by atoms with Gasteiger partial charge >= 0.3 is 0 Å². The molecule has 0 spiro atoms. The minimum Gasteiger partial charge on any atom is -0.385 e. The van der Waals surface area contributed by atoms with Crippen molar-refractivity contribution in [3.63, 3.8) is 0 Å². The Kier molecular flexibility index (Phi) is 3.32. The van der Waals surface area contributed by atoms with Gasteiger partial charge in [-0.15, -0.1) is 0 Å². The van der Waals surface area contributed by atoms with E-state index in [4.69, 9.17) is 0 Å². The largest absolute Gasteiger partial charge is 0.385 e. The maximum absolute atomic E-state index is 11.1. The van der Waals surface area contributed by atoms with Gasteiger partial charge in [0.2, 0.25) is 0 Å². The molecule has 19 heavy (non-hydrogen) atoms. The summed E-state index contributed by atoms with van der Waals surface area (Å²) in [6.45, 7) is 2.30. The van der Waals surface area contributed by atoms with Gasteiger partial charge in [0.25, 0.3) is 0 Å². The minimum atomic E-state index is -0.633. The van der Waals surface area contributed by atoms with Crippen LogP contribution >= 0.6 is 0 Å². The Morgan fingerprint density at radius 1 is 1.00 bits per heavy atom. The molecule has 0 radical (unpaired) electrons. The molecule has 2 atom stereocenters. The predicted octanol–water partition coefficient (Wildman–Crippen LogP) is 4.63. The van der Waals surface area contributed by atoms with Crippen molar-refractivity contribution in [3.05, 3.63) is 48.0 Å². The van der Waals surface area contributed by atoms with Crippen LogP contribution in [0, 0.1) is 5.92 Å². The summed E-state index contributed by atoms with van der Waals surface area (Å²) in [5.74, 6) is 0.740. The molecule has 1 saturated carbocycles. The molecule has 2 unspecified atom stereocenters. The van der Waals surface area contributed by atoms with Crippen LogP contribution in [0.5, 0.6) is 0 Å². The van der Waals surface area contributed by atoms with Gasteiger partial charge in [0.1, 0.15) is 0 Å². The molecule has 3 rings (SSSR count). The highest BCUT2D eigenvalue weighted by molar-refractivity contribution is 5.86. The van der Waals surface area contributed by atoms with Gasteiger partial charge in [-0.1, -0.05) is 55.8 Å². The van der Waals surface area contributed by atoms with Crippen LogP contribution in [0.3, 0.4) is 0 Å². The second kappa shape index (κ2) is 4.97. The van der Waals surface area contributed by atoms with E-state index in [1.54, 1.807) is 0 Å². The van der Waals surface area contributed by atoms with Crippen LogP contribution in [0.2, 0.25) is 0 Å². The van der Waals surface area contributed by atoms with E-state index in [0.717, 1.165) is 37.2 Å². The Labute approximate surface area is 115 Å². The number of fused-ring (bicyclic) bond motifs is 1. The smallest absolute Gasteiger partial charge is 0.0902 e. The lowest BCUT2D eigenvalue weighted by Gasteiger charge is -2.28. The van der Waals surface area contributed by atoms with Crippen LogP contribution < -0.4 is 0 Å². The number of aliphatic hydroxyl groups is 1. The third kappa shape index (κ3) is 2.40. The van der Waals surface area contributed by atoms with Crippen LogP contribution in [0.1, 0.15) is 44.6 Å². The Hall–Kier alpha value is -1.34. The van der Waals surface area contributed by atoms with Crippen molar-refractivity contribution >= 4 is 10.8 Å². The summed E-state index contributed by atoms with van der Waals surface area (Å²) in [6.07, 6.45) is 5.28. The fraction of sp³-hybridized carbons (Fsp3) is 0.444. The van der Waals surface area contributed by atoms with E-state index in [1.807, 2.05) is 0 Å². The molecule has 2 aromatic carbocycles. The first-order chi connectivity index (χ1) is 9.19. The molecule has 0 heterocycles. The molecular formula is C18H22O. The molecule has 1 fully saturated rings. The lowest BCUT2D eigenvalue weighted by Crippen LogP contribution is -2.25. The summed E-state index contributed by atoms with van der Waals surface area (Å²) in [4.78, 5) is 0. The third-order valence-corrected chi connectivity index (χ3v) is 4.63. The molecule has 1 nitrogen and oxygen atoms in total. The first-order valence-corrected chi connectivity index (χ1v) is 7.40. The third-order valence-electron chi connectivity index (χ3n) is 4.63. The molecule has 0 amide bonds. The molecule has 1 aliphatic rings. The van der Waals surface area contributed by atoms with E-state index in [-0.39, 0.29) is 0 Å². The summed E-state index contributed by atoms with van der Waals surface area (Å²) >= 11 is 0. The van der Waals surface area contributed by atoms with Gasteiger partial charge in [-0.05, 0) is 47.9 Å². The highest BCUT2D eigenvalue weighted by Gasteiger charge is 2.32. The molecule has 2 aromatic rings. The van der Waals surface area contributed by atoms with Crippen LogP contribution in [-0.2, 0) is 5.60 Å². The standard InChI is InChI=1S/C18H22O/c1-14-6-5-12-18(19,13-11-14)17-10-4-8-15-7-2-3-9-16(15)17/h2-4,7-10,14,19H,5-6,11-13H2,1H3. The van der Waals surface area contributed by atoms with Gasteiger partial charge in [-0.2, -0.15) is 0 Å². The quantitative estimate of drug-likeness (QED) is 0.736. The number of hydrogen-bond donors (Lipinski definition) is 1. The van der Waals surface area contributed by atoms with Crippen LogP contribution in [-0.4, -0.2) is 5.11 Å². The van der Waals surface area contributed by atoms with Gasteiger partial charge in [-0.25, -0.2) is 0 Å². The van der Waals surface area contributed by atoms with E-state index >= 15 is 0 Å². The Morgan fingerprint density at radius 2 is 1.79 bits per heavy atom. The predicted molar refractivity (Wildman–Crippen MR) is 80.1 cm³/mol. The lowest BCUT2D eigenvalue weighted by atomic mass is 9.83. The number of hydrogen-bond acceptors (Lipinski definition) is 1. The van der Waals surface area contributed by atoms with Gasteiger partial charge in [-0.3, -0.25) is 0 Å². The summed E-state index contributed by atoms with van der Waals surface area (Å²) in [7, 11) is 0. The van der Waals surface area contributed by atoms with Crippen molar-refractivity contribution in [2.75, 3.05) is 0 Å². The summed E-state index contributed by atoms with van der Waals surface area (Å²) in [6, 6.07) is 14.7. The van der Waals surface area contributed by atoms with Crippen molar-refractivity contribution in [2.24, 2.45) is 5.92 Å². The molecule has 0 aromatic heterocycles. The van der Waals surface area contributed by atoms with Gasteiger partial charge in [0, 0.05) is 0 Å². The van der Waals surface area contributed by atoms with Crippen molar-refractivity contribution in [2.45, 2.75) is 44.6 Å². The van der Waals surface area contributed by atoms with Gasteiger partial charge in [0.05, 0.1) is 5.60 Å². The maximum atomic E-state index is 11.1. The molecular weight excluding hydrogens is 232 g/mol. The Morgan fingerprint density at radius 3 is 2.68 bits per heavy atom. The van der Waals surface area contributed by atoms with Crippen molar-refractivity contribution in [3.8, 4) is 0 Å². The average molecular weight is 254 g/mol. The summed E-state index contributed by atoms with van der Waals surface area (Å²) in [5, 5.41) is 13.6. The highest BCUT2D eigenvalue weighted by atomic mass is 16.3. The van der Waals surface area contributed by atoms with Gasteiger partial charge in [0.15, 0.2) is 0 Å². The maximum Gasteiger partial charge on any atom is 0.0902 e. The first kappa shape index (κ1) is 12.7. The molecule has 100 valence electrons. The lowest BCUT2D eigenvalue weighted by molar-refractivity contribution is 0.0213. The average Bonchev–Trinajstić information content (AvgIpc) is 2.61. The van der Waals surface area contributed by atoms with Crippen LogP contribution in [0.15, 0.2) is 42.5 Å². The second-order valence-corrected chi connectivity index (χ2v) is 6.09. The number of benzene rings is 2. The fourth-order valence-electron chi connectivity index (χ4n) is 3.40. The topological polar surface area (TPSA) is 20.2 Å². The molecule has 0 bridgehead atoms. The Bertz CT molecular complexity index is 569. The second-order valence-electron chi connectivity index (χ2n) is 6.09. The molecule has 1 aliphatic carbocycles. The van der Waals surface area contributed by atoms with Gasteiger partial charge < -0.3 is 5.11 Å². The molecule has 1 heteroatoms. The van der Waals surface area contributed by atoms with E-state index in [0.29, 0.717) is 0 Å². The number of rotatable bonds is 1. The van der Waals surface area contributed by atoms with Crippen molar-refractivity contribution < 1.29 is 5.11 Å². The first-order valence-electron chi connectivity index (χ1n) is 7.40. The van der Waals surface area contributed by atoms with Crippen LogP contribution in [0.4, 0.5) is 0 Å². The van der Waals surface area contributed by atoms with Crippen molar-refractivity contribution in [1.82, 2.24) is 0 Å². The molecule has 0 saturated heterocycles. The van der Waals surface area contributed by atoms with E-state index in [9.17, 15) is 5.11 Å². The van der Waals surface area contributed by atoms with Crippen molar-refractivity contribution in [1.29, 1.82) is 0 Å². The normalized spacial score (nSPS) is 28.2. The fourth-order valence-corrected chi connectivity index (χ4v) is 3.40. The van der Waals surface area contributed by atoms with Crippen LogP contribution in [0.25, 0.3) is 10.8 Å². The summed E-state index contributed by atoms with van der Waals surface area (Å²) < 4.78 is 0. The minimum absolute atomic E-state index is 0.633. The Balaban J connectivity index is 2.07.